The lowest BCUT2D eigenvalue weighted by molar-refractivity contribution is 0.338. The highest BCUT2D eigenvalue weighted by Gasteiger charge is 2.17. The fourth-order valence-corrected chi connectivity index (χ4v) is 3.22. The van der Waals surface area contributed by atoms with Gasteiger partial charge in [0.15, 0.2) is 5.96 Å². The van der Waals surface area contributed by atoms with Crippen LogP contribution < -0.4 is 5.73 Å². The van der Waals surface area contributed by atoms with E-state index in [-0.39, 0.29) is 0 Å². The number of piperidine rings is 1. The molecule has 5 nitrogen and oxygen atoms in total. The van der Waals surface area contributed by atoms with E-state index in [1.807, 2.05) is 0 Å². The van der Waals surface area contributed by atoms with Crippen LogP contribution in [0.1, 0.15) is 56.7 Å². The van der Waals surface area contributed by atoms with Crippen molar-refractivity contribution in [1.29, 1.82) is 0 Å². The summed E-state index contributed by atoms with van der Waals surface area (Å²) in [4.78, 5) is 6.69. The molecule has 1 saturated carbocycles. The van der Waals surface area contributed by atoms with Crippen LogP contribution in [0, 0.1) is 0 Å². The summed E-state index contributed by atoms with van der Waals surface area (Å²) in [5, 5.41) is 4.64. The third-order valence-electron chi connectivity index (χ3n) is 4.45. The second-order valence-electron chi connectivity index (χ2n) is 5.95. The Kier molecular flexibility index (Phi) is 4.23. The van der Waals surface area contributed by atoms with Gasteiger partial charge in [0.05, 0.1) is 18.3 Å². The van der Waals surface area contributed by atoms with E-state index in [0.717, 1.165) is 18.8 Å². The molecule has 2 N–H and O–H groups in total. The van der Waals surface area contributed by atoms with Crippen LogP contribution in [0.15, 0.2) is 17.3 Å². The van der Waals surface area contributed by atoms with Gasteiger partial charge in [0.2, 0.25) is 0 Å². The van der Waals surface area contributed by atoms with Gasteiger partial charge in [0.25, 0.3) is 0 Å². The highest BCUT2D eigenvalue weighted by Crippen LogP contribution is 2.28. The standard InChI is InChI=1S/C15H25N5/c16-15(19-9-4-1-5-10-19)17-12-13-8-11-20(18-13)14-6-2-3-7-14/h8,11,14H,1-7,9-10,12H2,(H2,16,17). The van der Waals surface area contributed by atoms with Crippen LogP contribution in [0.4, 0.5) is 0 Å². The van der Waals surface area contributed by atoms with E-state index in [2.05, 4.69) is 31.9 Å². The van der Waals surface area contributed by atoms with Crippen molar-refractivity contribution in [3.8, 4) is 0 Å². The van der Waals surface area contributed by atoms with E-state index in [1.165, 1.54) is 44.9 Å². The molecule has 1 saturated heterocycles. The number of hydrogen-bond acceptors (Lipinski definition) is 2. The molecule has 110 valence electrons. The summed E-state index contributed by atoms with van der Waals surface area (Å²) in [6.45, 7) is 2.69. The average Bonchev–Trinajstić information content (AvgIpc) is 3.16. The van der Waals surface area contributed by atoms with Gasteiger partial charge in [0, 0.05) is 19.3 Å². The van der Waals surface area contributed by atoms with E-state index >= 15 is 0 Å². The Bertz CT molecular complexity index is 453. The van der Waals surface area contributed by atoms with Gasteiger partial charge in [-0.05, 0) is 38.2 Å². The molecule has 0 unspecified atom stereocenters. The molecule has 20 heavy (non-hydrogen) atoms. The molecule has 0 bridgehead atoms. The van der Waals surface area contributed by atoms with Crippen molar-refractivity contribution in [3.63, 3.8) is 0 Å². The van der Waals surface area contributed by atoms with Crippen molar-refractivity contribution in [1.82, 2.24) is 14.7 Å². The number of rotatable bonds is 3. The third-order valence-corrected chi connectivity index (χ3v) is 4.45. The predicted molar refractivity (Wildman–Crippen MR) is 80.5 cm³/mol. The maximum absolute atomic E-state index is 6.07. The number of nitrogens with zero attached hydrogens (tertiary/aromatic N) is 4. The summed E-state index contributed by atoms with van der Waals surface area (Å²) in [5.74, 6) is 0.681. The van der Waals surface area contributed by atoms with Crippen molar-refractivity contribution in [2.45, 2.75) is 57.5 Å². The van der Waals surface area contributed by atoms with Crippen molar-refractivity contribution in [2.24, 2.45) is 10.7 Å². The predicted octanol–water partition coefficient (Wildman–Crippen LogP) is 2.30. The molecule has 1 aromatic heterocycles. The Morgan fingerprint density at radius 3 is 2.70 bits per heavy atom. The lowest BCUT2D eigenvalue weighted by Crippen LogP contribution is -2.40. The maximum atomic E-state index is 6.07. The zero-order valence-corrected chi connectivity index (χ0v) is 12.2. The first kappa shape index (κ1) is 13.5. The van der Waals surface area contributed by atoms with E-state index in [4.69, 9.17) is 5.73 Å². The minimum Gasteiger partial charge on any atom is -0.370 e. The Morgan fingerprint density at radius 1 is 1.20 bits per heavy atom. The lowest BCUT2D eigenvalue weighted by atomic mass is 10.1. The van der Waals surface area contributed by atoms with Gasteiger partial charge in [-0.15, -0.1) is 0 Å². The molecular weight excluding hydrogens is 250 g/mol. The van der Waals surface area contributed by atoms with Crippen LogP contribution >= 0.6 is 0 Å². The molecule has 1 aliphatic carbocycles. The summed E-state index contributed by atoms with van der Waals surface area (Å²) in [5.41, 5.74) is 7.09. The SMILES string of the molecule is NC(=NCc1ccn(C2CCCC2)n1)N1CCCCC1. The minimum atomic E-state index is 0.599. The summed E-state index contributed by atoms with van der Waals surface area (Å²) in [6.07, 6.45) is 11.1. The van der Waals surface area contributed by atoms with Gasteiger partial charge in [-0.1, -0.05) is 12.8 Å². The number of aliphatic imine (C=N–C) groups is 1. The quantitative estimate of drug-likeness (QED) is 0.680. The van der Waals surface area contributed by atoms with Gasteiger partial charge in [-0.3, -0.25) is 4.68 Å². The third kappa shape index (κ3) is 3.14. The molecule has 0 atom stereocenters. The average molecular weight is 275 g/mol. The normalized spacial score (nSPS) is 21.6. The molecule has 1 aliphatic heterocycles. The van der Waals surface area contributed by atoms with Crippen LogP contribution in [-0.4, -0.2) is 33.7 Å². The summed E-state index contributed by atoms with van der Waals surface area (Å²) >= 11 is 0. The molecule has 2 aliphatic rings. The second kappa shape index (κ2) is 6.29. The number of guanidine groups is 1. The first-order chi connectivity index (χ1) is 9.83. The van der Waals surface area contributed by atoms with Crippen LogP contribution in [-0.2, 0) is 6.54 Å². The molecule has 3 rings (SSSR count). The molecule has 0 radical (unpaired) electrons. The zero-order valence-electron chi connectivity index (χ0n) is 12.2. The van der Waals surface area contributed by atoms with Crippen LogP contribution in [0.25, 0.3) is 0 Å². The molecule has 2 fully saturated rings. The van der Waals surface area contributed by atoms with E-state index < -0.39 is 0 Å². The highest BCUT2D eigenvalue weighted by atomic mass is 15.3. The lowest BCUT2D eigenvalue weighted by Gasteiger charge is -2.27. The largest absolute Gasteiger partial charge is 0.370 e. The van der Waals surface area contributed by atoms with Crippen molar-refractivity contribution < 1.29 is 0 Å². The van der Waals surface area contributed by atoms with Gasteiger partial charge in [-0.2, -0.15) is 5.10 Å². The fourth-order valence-electron chi connectivity index (χ4n) is 3.22. The summed E-state index contributed by atoms with van der Waals surface area (Å²) in [6, 6.07) is 2.68. The van der Waals surface area contributed by atoms with E-state index in [0.29, 0.717) is 18.5 Å². The van der Waals surface area contributed by atoms with Crippen molar-refractivity contribution >= 4 is 5.96 Å². The van der Waals surface area contributed by atoms with E-state index in [1.54, 1.807) is 0 Å². The second-order valence-corrected chi connectivity index (χ2v) is 5.95. The number of aromatic nitrogens is 2. The first-order valence-electron chi connectivity index (χ1n) is 7.92. The highest BCUT2D eigenvalue weighted by molar-refractivity contribution is 5.78. The molecule has 5 heteroatoms. The molecule has 2 heterocycles. The molecular formula is C15H25N5. The van der Waals surface area contributed by atoms with Crippen LogP contribution in [0.5, 0.6) is 0 Å². The number of hydrogen-bond donors (Lipinski definition) is 1. The molecule has 0 amide bonds. The summed E-state index contributed by atoms with van der Waals surface area (Å²) < 4.78 is 2.12. The van der Waals surface area contributed by atoms with Gasteiger partial charge in [0.1, 0.15) is 0 Å². The Labute approximate surface area is 120 Å². The maximum Gasteiger partial charge on any atom is 0.191 e. The first-order valence-corrected chi connectivity index (χ1v) is 7.92. The van der Waals surface area contributed by atoms with Gasteiger partial charge >= 0.3 is 0 Å². The van der Waals surface area contributed by atoms with Gasteiger partial charge < -0.3 is 10.6 Å². The molecule has 0 aromatic carbocycles. The Hall–Kier alpha value is -1.52. The zero-order chi connectivity index (χ0) is 13.8. The van der Waals surface area contributed by atoms with Crippen molar-refractivity contribution in [3.05, 3.63) is 18.0 Å². The number of nitrogens with two attached hydrogens (primary N) is 1. The molecule has 0 spiro atoms. The van der Waals surface area contributed by atoms with E-state index in [9.17, 15) is 0 Å². The van der Waals surface area contributed by atoms with Crippen LogP contribution in [0.2, 0.25) is 0 Å². The summed E-state index contributed by atoms with van der Waals surface area (Å²) in [7, 11) is 0. The van der Waals surface area contributed by atoms with Crippen molar-refractivity contribution in [2.75, 3.05) is 13.1 Å². The minimum absolute atomic E-state index is 0.599. The smallest absolute Gasteiger partial charge is 0.191 e. The molecule has 1 aromatic rings. The Balaban J connectivity index is 1.57. The fraction of sp³-hybridized carbons (Fsp3) is 0.733. The van der Waals surface area contributed by atoms with Gasteiger partial charge in [-0.25, -0.2) is 4.99 Å². The number of likely N-dealkylation sites (tertiary alicyclic amines) is 1. The van der Waals surface area contributed by atoms with Crippen LogP contribution in [0.3, 0.4) is 0 Å². The monoisotopic (exact) mass is 275 g/mol. The Morgan fingerprint density at radius 2 is 1.95 bits per heavy atom. The topological polar surface area (TPSA) is 59.4 Å².